The van der Waals surface area contributed by atoms with Crippen LogP contribution in [0.15, 0.2) is 34.3 Å². The summed E-state index contributed by atoms with van der Waals surface area (Å²) in [4.78, 5) is 0.970. The van der Waals surface area contributed by atoms with E-state index in [9.17, 15) is 0 Å². The van der Waals surface area contributed by atoms with Crippen LogP contribution in [0.25, 0.3) is 0 Å². The smallest absolute Gasteiger partial charge is 0.213 e. The number of rotatable bonds is 3. The first-order chi connectivity index (χ1) is 7.31. The lowest BCUT2D eigenvalue weighted by Crippen LogP contribution is -1.94. The fraction of sp³-hybridized carbons (Fsp3) is 0.222. The van der Waals surface area contributed by atoms with Crippen molar-refractivity contribution in [2.75, 3.05) is 0 Å². The minimum absolute atomic E-state index is 0.0223. The number of nitrogens with zero attached hydrogens (tertiary/aromatic N) is 4. The van der Waals surface area contributed by atoms with Crippen molar-refractivity contribution in [2.24, 2.45) is 7.05 Å². The summed E-state index contributed by atoms with van der Waals surface area (Å²) >= 11 is 1.44. The van der Waals surface area contributed by atoms with Crippen LogP contribution >= 0.6 is 11.8 Å². The standard InChI is InChI=1S/C9H10N4OS/c1-13-9(10-11-12-13)15-8-5-3-2-4-7(8)6-14/h2-5,14H,6H2,1H3. The molecule has 2 aromatic rings. The lowest BCUT2D eigenvalue weighted by atomic mass is 10.2. The van der Waals surface area contributed by atoms with Gasteiger partial charge in [-0.1, -0.05) is 18.2 Å². The summed E-state index contributed by atoms with van der Waals surface area (Å²) < 4.78 is 1.60. The number of tetrazole rings is 1. The van der Waals surface area contributed by atoms with Crippen molar-refractivity contribution in [1.82, 2.24) is 20.2 Å². The van der Waals surface area contributed by atoms with Crippen LogP contribution in [-0.4, -0.2) is 25.3 Å². The molecule has 0 unspecified atom stereocenters. The van der Waals surface area contributed by atoms with Gasteiger partial charge in [0.25, 0.3) is 0 Å². The zero-order valence-corrected chi connectivity index (χ0v) is 8.98. The molecule has 0 saturated heterocycles. The van der Waals surface area contributed by atoms with Gasteiger partial charge in [0.1, 0.15) is 0 Å². The molecule has 6 heteroatoms. The molecule has 1 aromatic carbocycles. The molecule has 2 rings (SSSR count). The summed E-state index contributed by atoms with van der Waals surface area (Å²) in [5.41, 5.74) is 0.880. The van der Waals surface area contributed by atoms with Crippen molar-refractivity contribution in [2.45, 2.75) is 16.7 Å². The van der Waals surface area contributed by atoms with Gasteiger partial charge in [-0.25, -0.2) is 4.68 Å². The van der Waals surface area contributed by atoms with Gasteiger partial charge in [-0.05, 0) is 33.8 Å². The predicted molar refractivity (Wildman–Crippen MR) is 55.3 cm³/mol. The van der Waals surface area contributed by atoms with Crippen molar-refractivity contribution in [3.63, 3.8) is 0 Å². The minimum Gasteiger partial charge on any atom is -0.392 e. The van der Waals surface area contributed by atoms with Crippen molar-refractivity contribution < 1.29 is 5.11 Å². The second kappa shape index (κ2) is 4.41. The molecule has 0 aliphatic heterocycles. The molecule has 0 spiro atoms. The largest absolute Gasteiger partial charge is 0.392 e. The zero-order chi connectivity index (χ0) is 10.7. The van der Waals surface area contributed by atoms with Crippen LogP contribution < -0.4 is 0 Å². The summed E-state index contributed by atoms with van der Waals surface area (Å²) in [6, 6.07) is 7.63. The topological polar surface area (TPSA) is 63.8 Å². The van der Waals surface area contributed by atoms with Gasteiger partial charge in [-0.2, -0.15) is 0 Å². The predicted octanol–water partition coefficient (Wildman–Crippen LogP) is 0.854. The van der Waals surface area contributed by atoms with E-state index in [1.165, 1.54) is 11.8 Å². The Kier molecular flexibility index (Phi) is 2.98. The first-order valence-corrected chi connectivity index (χ1v) is 5.22. The number of aliphatic hydroxyl groups excluding tert-OH is 1. The molecule has 1 heterocycles. The van der Waals surface area contributed by atoms with Crippen molar-refractivity contribution in [3.05, 3.63) is 29.8 Å². The Morgan fingerprint density at radius 2 is 2.20 bits per heavy atom. The monoisotopic (exact) mass is 222 g/mol. The first kappa shape index (κ1) is 10.1. The van der Waals surface area contributed by atoms with Crippen LogP contribution in [0.3, 0.4) is 0 Å². The highest BCUT2D eigenvalue weighted by Gasteiger charge is 2.07. The SMILES string of the molecule is Cn1nnnc1Sc1ccccc1CO. The Bertz CT molecular complexity index is 457. The van der Waals surface area contributed by atoms with Crippen LogP contribution in [0.2, 0.25) is 0 Å². The second-order valence-electron chi connectivity index (χ2n) is 2.95. The van der Waals surface area contributed by atoms with Crippen LogP contribution in [0.4, 0.5) is 0 Å². The molecule has 0 saturated carbocycles. The molecule has 78 valence electrons. The van der Waals surface area contributed by atoms with E-state index in [4.69, 9.17) is 5.11 Å². The Labute approximate surface area is 91.1 Å². The lowest BCUT2D eigenvalue weighted by molar-refractivity contribution is 0.279. The van der Waals surface area contributed by atoms with Gasteiger partial charge in [0.15, 0.2) is 0 Å². The Morgan fingerprint density at radius 3 is 2.87 bits per heavy atom. The number of hydrogen-bond acceptors (Lipinski definition) is 5. The Hall–Kier alpha value is -1.40. The van der Waals surface area contributed by atoms with Crippen molar-refractivity contribution in [3.8, 4) is 0 Å². The molecule has 5 nitrogen and oxygen atoms in total. The molecular formula is C9H10N4OS. The Balaban J connectivity index is 2.28. The molecule has 1 N–H and O–H groups in total. The van der Waals surface area contributed by atoms with Gasteiger partial charge in [0.05, 0.1) is 6.61 Å². The van der Waals surface area contributed by atoms with E-state index in [0.29, 0.717) is 5.16 Å². The van der Waals surface area contributed by atoms with Gasteiger partial charge in [0.2, 0.25) is 5.16 Å². The molecule has 0 radical (unpaired) electrons. The molecule has 1 aromatic heterocycles. The Morgan fingerprint density at radius 1 is 1.40 bits per heavy atom. The molecule has 0 fully saturated rings. The van der Waals surface area contributed by atoms with E-state index < -0.39 is 0 Å². The highest BCUT2D eigenvalue weighted by molar-refractivity contribution is 7.99. The van der Waals surface area contributed by atoms with Gasteiger partial charge in [-0.15, -0.1) is 5.10 Å². The third kappa shape index (κ3) is 2.16. The van der Waals surface area contributed by atoms with Crippen LogP contribution in [0, 0.1) is 0 Å². The van der Waals surface area contributed by atoms with Crippen LogP contribution in [0.1, 0.15) is 5.56 Å². The summed E-state index contributed by atoms with van der Waals surface area (Å²) in [6.45, 7) is 0.0223. The maximum absolute atomic E-state index is 9.14. The molecular weight excluding hydrogens is 212 g/mol. The van der Waals surface area contributed by atoms with Gasteiger partial charge in [-0.3, -0.25) is 0 Å². The fourth-order valence-corrected chi connectivity index (χ4v) is 1.99. The molecule has 0 atom stereocenters. The summed E-state index contributed by atoms with van der Waals surface area (Å²) in [5.74, 6) is 0. The van der Waals surface area contributed by atoms with Crippen molar-refractivity contribution in [1.29, 1.82) is 0 Å². The maximum atomic E-state index is 9.14. The highest BCUT2D eigenvalue weighted by Crippen LogP contribution is 2.27. The number of benzene rings is 1. The number of aromatic nitrogens is 4. The van der Waals surface area contributed by atoms with E-state index in [0.717, 1.165) is 10.5 Å². The normalized spacial score (nSPS) is 10.5. The maximum Gasteiger partial charge on any atom is 0.213 e. The van der Waals surface area contributed by atoms with Gasteiger partial charge in [0, 0.05) is 11.9 Å². The third-order valence-electron chi connectivity index (χ3n) is 1.93. The van der Waals surface area contributed by atoms with E-state index in [-0.39, 0.29) is 6.61 Å². The summed E-state index contributed by atoms with van der Waals surface area (Å²) in [5, 5.41) is 21.0. The minimum atomic E-state index is 0.0223. The molecule has 15 heavy (non-hydrogen) atoms. The summed E-state index contributed by atoms with van der Waals surface area (Å²) in [7, 11) is 1.78. The highest BCUT2D eigenvalue weighted by atomic mass is 32.2. The first-order valence-electron chi connectivity index (χ1n) is 4.40. The third-order valence-corrected chi connectivity index (χ3v) is 3.07. The lowest BCUT2D eigenvalue weighted by Gasteiger charge is -2.04. The van der Waals surface area contributed by atoms with E-state index in [1.807, 2.05) is 24.3 Å². The molecule has 0 aliphatic carbocycles. The van der Waals surface area contributed by atoms with Gasteiger partial charge >= 0.3 is 0 Å². The molecule has 0 amide bonds. The van der Waals surface area contributed by atoms with Crippen LogP contribution in [0.5, 0.6) is 0 Å². The quantitative estimate of drug-likeness (QED) is 0.834. The van der Waals surface area contributed by atoms with E-state index in [2.05, 4.69) is 15.5 Å². The van der Waals surface area contributed by atoms with Gasteiger partial charge < -0.3 is 5.11 Å². The zero-order valence-electron chi connectivity index (χ0n) is 8.16. The van der Waals surface area contributed by atoms with Crippen molar-refractivity contribution >= 4 is 11.8 Å². The van der Waals surface area contributed by atoms with Crippen LogP contribution in [-0.2, 0) is 13.7 Å². The average Bonchev–Trinajstić information content (AvgIpc) is 2.65. The number of aryl methyl sites for hydroxylation is 1. The number of hydrogen-bond donors (Lipinski definition) is 1. The summed E-state index contributed by atoms with van der Waals surface area (Å²) in [6.07, 6.45) is 0. The molecule has 0 aliphatic rings. The van der Waals surface area contributed by atoms with E-state index in [1.54, 1.807) is 11.7 Å². The van der Waals surface area contributed by atoms with E-state index >= 15 is 0 Å². The average molecular weight is 222 g/mol. The second-order valence-corrected chi connectivity index (χ2v) is 3.96. The molecule has 0 bridgehead atoms. The number of aliphatic hydroxyl groups is 1. The fourth-order valence-electron chi connectivity index (χ4n) is 1.14.